The van der Waals surface area contributed by atoms with E-state index in [4.69, 9.17) is 5.73 Å². The highest BCUT2D eigenvalue weighted by Crippen LogP contribution is 2.23. The predicted octanol–water partition coefficient (Wildman–Crippen LogP) is 1.89. The quantitative estimate of drug-likeness (QED) is 0.767. The van der Waals surface area contributed by atoms with Crippen molar-refractivity contribution in [3.8, 4) is 0 Å². The van der Waals surface area contributed by atoms with Gasteiger partial charge in [-0.2, -0.15) is 0 Å². The molecular formula is C11H17N3. The van der Waals surface area contributed by atoms with Gasteiger partial charge in [0.15, 0.2) is 0 Å². The van der Waals surface area contributed by atoms with E-state index in [1.54, 1.807) is 6.20 Å². The number of pyridine rings is 1. The van der Waals surface area contributed by atoms with Gasteiger partial charge in [0.25, 0.3) is 0 Å². The molecule has 14 heavy (non-hydrogen) atoms. The third-order valence-corrected chi connectivity index (χ3v) is 2.80. The molecule has 1 heterocycles. The summed E-state index contributed by atoms with van der Waals surface area (Å²) in [6.45, 7) is 0.510. The summed E-state index contributed by atoms with van der Waals surface area (Å²) in [5.74, 6) is 0. The summed E-state index contributed by atoms with van der Waals surface area (Å²) in [5, 5.41) is 3.52. The Balaban J connectivity index is 2.07. The van der Waals surface area contributed by atoms with Crippen LogP contribution in [0.4, 0.5) is 5.69 Å². The van der Waals surface area contributed by atoms with Crippen LogP contribution in [0.1, 0.15) is 31.4 Å². The number of anilines is 1. The van der Waals surface area contributed by atoms with Crippen LogP contribution in [0.3, 0.4) is 0 Å². The van der Waals surface area contributed by atoms with Gasteiger partial charge in [0.05, 0.1) is 11.4 Å². The van der Waals surface area contributed by atoms with E-state index in [9.17, 15) is 0 Å². The minimum atomic E-state index is 0.510. The Kier molecular flexibility index (Phi) is 2.99. The van der Waals surface area contributed by atoms with Crippen molar-refractivity contribution in [1.29, 1.82) is 0 Å². The standard InChI is InChI=1S/C11H17N3/c12-8-11-10(6-3-7-13-11)14-9-4-1-2-5-9/h3,6-7,9,14H,1-2,4-5,8,12H2. The maximum absolute atomic E-state index is 5.62. The molecule has 2 rings (SSSR count). The van der Waals surface area contributed by atoms with Gasteiger partial charge >= 0.3 is 0 Å². The lowest BCUT2D eigenvalue weighted by Crippen LogP contribution is -2.17. The lowest BCUT2D eigenvalue weighted by molar-refractivity contribution is 0.751. The van der Waals surface area contributed by atoms with Gasteiger partial charge in [0, 0.05) is 18.8 Å². The number of nitrogens with zero attached hydrogens (tertiary/aromatic N) is 1. The van der Waals surface area contributed by atoms with Gasteiger partial charge < -0.3 is 11.1 Å². The maximum Gasteiger partial charge on any atom is 0.0770 e. The summed E-state index contributed by atoms with van der Waals surface area (Å²) in [5.41, 5.74) is 7.71. The van der Waals surface area contributed by atoms with E-state index in [0.717, 1.165) is 11.4 Å². The average molecular weight is 191 g/mol. The second-order valence-electron chi connectivity index (χ2n) is 3.83. The SMILES string of the molecule is NCc1ncccc1NC1CCCC1. The monoisotopic (exact) mass is 191 g/mol. The van der Waals surface area contributed by atoms with Crippen molar-refractivity contribution in [2.24, 2.45) is 5.73 Å². The fourth-order valence-electron chi connectivity index (χ4n) is 2.02. The minimum Gasteiger partial charge on any atom is -0.381 e. The topological polar surface area (TPSA) is 50.9 Å². The average Bonchev–Trinajstić information content (AvgIpc) is 2.71. The highest BCUT2D eigenvalue weighted by Gasteiger charge is 2.15. The van der Waals surface area contributed by atoms with E-state index < -0.39 is 0 Å². The van der Waals surface area contributed by atoms with E-state index in [1.807, 2.05) is 6.07 Å². The van der Waals surface area contributed by atoms with E-state index in [-0.39, 0.29) is 0 Å². The lowest BCUT2D eigenvalue weighted by Gasteiger charge is -2.15. The normalized spacial score (nSPS) is 17.2. The summed E-state index contributed by atoms with van der Waals surface area (Å²) in [4.78, 5) is 4.25. The largest absolute Gasteiger partial charge is 0.381 e. The molecule has 0 radical (unpaired) electrons. The molecular weight excluding hydrogens is 174 g/mol. The number of hydrogen-bond donors (Lipinski definition) is 2. The van der Waals surface area contributed by atoms with E-state index >= 15 is 0 Å². The third kappa shape index (κ3) is 2.04. The first-order chi connectivity index (χ1) is 6.90. The Labute approximate surface area is 84.7 Å². The molecule has 0 aromatic carbocycles. The molecule has 1 aromatic heterocycles. The summed E-state index contributed by atoms with van der Waals surface area (Å²) in [7, 11) is 0. The molecule has 1 aliphatic carbocycles. The molecule has 0 bridgehead atoms. The Bertz CT molecular complexity index is 292. The molecule has 3 heteroatoms. The Morgan fingerprint density at radius 2 is 2.21 bits per heavy atom. The fourth-order valence-corrected chi connectivity index (χ4v) is 2.02. The van der Waals surface area contributed by atoms with Gasteiger partial charge in [-0.3, -0.25) is 4.98 Å². The third-order valence-electron chi connectivity index (χ3n) is 2.80. The fraction of sp³-hybridized carbons (Fsp3) is 0.545. The lowest BCUT2D eigenvalue weighted by atomic mass is 10.2. The van der Waals surface area contributed by atoms with Crippen LogP contribution in [0.5, 0.6) is 0 Å². The molecule has 1 fully saturated rings. The van der Waals surface area contributed by atoms with Crippen molar-refractivity contribution in [2.75, 3.05) is 5.32 Å². The molecule has 0 atom stereocenters. The molecule has 0 spiro atoms. The van der Waals surface area contributed by atoms with Gasteiger partial charge in [-0.1, -0.05) is 12.8 Å². The van der Waals surface area contributed by atoms with Gasteiger partial charge in [-0.05, 0) is 25.0 Å². The second-order valence-corrected chi connectivity index (χ2v) is 3.83. The van der Waals surface area contributed by atoms with Gasteiger partial charge in [0.2, 0.25) is 0 Å². The molecule has 0 unspecified atom stereocenters. The van der Waals surface area contributed by atoms with Gasteiger partial charge in [-0.25, -0.2) is 0 Å². The zero-order valence-electron chi connectivity index (χ0n) is 8.37. The molecule has 3 N–H and O–H groups in total. The number of hydrogen-bond acceptors (Lipinski definition) is 3. The van der Waals surface area contributed by atoms with E-state index in [1.165, 1.54) is 25.7 Å². The predicted molar refractivity (Wildman–Crippen MR) is 58.0 cm³/mol. The van der Waals surface area contributed by atoms with Crippen molar-refractivity contribution in [3.05, 3.63) is 24.0 Å². The van der Waals surface area contributed by atoms with Crippen LogP contribution >= 0.6 is 0 Å². The second kappa shape index (κ2) is 4.42. The molecule has 0 saturated heterocycles. The molecule has 76 valence electrons. The van der Waals surface area contributed by atoms with Crippen LogP contribution in [0, 0.1) is 0 Å². The van der Waals surface area contributed by atoms with E-state index in [0.29, 0.717) is 12.6 Å². The number of aromatic nitrogens is 1. The molecule has 0 amide bonds. The van der Waals surface area contributed by atoms with E-state index in [2.05, 4.69) is 16.4 Å². The molecule has 3 nitrogen and oxygen atoms in total. The van der Waals surface area contributed by atoms with Gasteiger partial charge in [0.1, 0.15) is 0 Å². The van der Waals surface area contributed by atoms with Gasteiger partial charge in [-0.15, -0.1) is 0 Å². The smallest absolute Gasteiger partial charge is 0.0770 e. The molecule has 0 aliphatic heterocycles. The highest BCUT2D eigenvalue weighted by atomic mass is 14.9. The Hall–Kier alpha value is -1.09. The van der Waals surface area contributed by atoms with Crippen molar-refractivity contribution in [2.45, 2.75) is 38.3 Å². The summed E-state index contributed by atoms with van der Waals surface area (Å²) in [6, 6.07) is 4.65. The highest BCUT2D eigenvalue weighted by molar-refractivity contribution is 5.48. The maximum atomic E-state index is 5.62. The summed E-state index contributed by atoms with van der Waals surface area (Å²) in [6.07, 6.45) is 7.03. The van der Waals surface area contributed by atoms with Crippen LogP contribution in [0.15, 0.2) is 18.3 Å². The Morgan fingerprint density at radius 3 is 2.93 bits per heavy atom. The Morgan fingerprint density at radius 1 is 1.43 bits per heavy atom. The van der Waals surface area contributed by atoms with Crippen molar-refractivity contribution in [1.82, 2.24) is 4.98 Å². The number of nitrogens with two attached hydrogens (primary N) is 1. The zero-order chi connectivity index (χ0) is 9.80. The number of nitrogens with one attached hydrogen (secondary N) is 1. The van der Waals surface area contributed by atoms with Crippen molar-refractivity contribution < 1.29 is 0 Å². The molecule has 1 saturated carbocycles. The molecule has 1 aliphatic rings. The first-order valence-corrected chi connectivity index (χ1v) is 5.30. The first kappa shape index (κ1) is 9.46. The molecule has 1 aromatic rings. The first-order valence-electron chi connectivity index (χ1n) is 5.30. The van der Waals surface area contributed by atoms with Crippen molar-refractivity contribution in [3.63, 3.8) is 0 Å². The summed E-state index contributed by atoms with van der Waals surface area (Å²) < 4.78 is 0. The van der Waals surface area contributed by atoms with Crippen LogP contribution in [0.25, 0.3) is 0 Å². The summed E-state index contributed by atoms with van der Waals surface area (Å²) >= 11 is 0. The number of rotatable bonds is 3. The van der Waals surface area contributed by atoms with Crippen LogP contribution in [0.2, 0.25) is 0 Å². The van der Waals surface area contributed by atoms with Crippen LogP contribution in [-0.2, 0) is 6.54 Å². The van der Waals surface area contributed by atoms with Crippen LogP contribution in [-0.4, -0.2) is 11.0 Å². The van der Waals surface area contributed by atoms with Crippen molar-refractivity contribution >= 4 is 5.69 Å². The van der Waals surface area contributed by atoms with Crippen LogP contribution < -0.4 is 11.1 Å². The minimum absolute atomic E-state index is 0.510. The zero-order valence-corrected chi connectivity index (χ0v) is 8.37.